The number of amides is 1. The third-order valence-electron chi connectivity index (χ3n) is 2.71. The lowest BCUT2D eigenvalue weighted by Gasteiger charge is -2.15. The van der Waals surface area contributed by atoms with Crippen molar-refractivity contribution in [3.63, 3.8) is 0 Å². The molecule has 1 fully saturated rings. The van der Waals surface area contributed by atoms with Crippen molar-refractivity contribution in [1.82, 2.24) is 14.9 Å². The minimum atomic E-state index is 0.199. The summed E-state index contributed by atoms with van der Waals surface area (Å²) >= 11 is 5.70. The van der Waals surface area contributed by atoms with Gasteiger partial charge in [0.2, 0.25) is 5.91 Å². The highest BCUT2D eigenvalue weighted by atomic mass is 35.5. The van der Waals surface area contributed by atoms with Gasteiger partial charge in [0.1, 0.15) is 11.0 Å². The Morgan fingerprint density at radius 1 is 1.41 bits per heavy atom. The van der Waals surface area contributed by atoms with Gasteiger partial charge in [-0.2, -0.15) is 0 Å². The van der Waals surface area contributed by atoms with Crippen LogP contribution in [0.1, 0.15) is 19.3 Å². The monoisotopic (exact) mass is 254 g/mol. The second kappa shape index (κ2) is 5.82. The van der Waals surface area contributed by atoms with Crippen molar-refractivity contribution >= 4 is 23.3 Å². The second-order valence-electron chi connectivity index (χ2n) is 3.99. The summed E-state index contributed by atoms with van der Waals surface area (Å²) in [6.45, 7) is 2.36. The molecule has 1 amide bonds. The minimum Gasteiger partial charge on any atom is -0.368 e. The summed E-state index contributed by atoms with van der Waals surface area (Å²) in [5.74, 6) is 0.803. The summed E-state index contributed by atoms with van der Waals surface area (Å²) in [5.41, 5.74) is 0. The summed E-state index contributed by atoms with van der Waals surface area (Å²) < 4.78 is 0. The maximum atomic E-state index is 11.7. The molecule has 17 heavy (non-hydrogen) atoms. The van der Waals surface area contributed by atoms with Crippen molar-refractivity contribution in [1.29, 1.82) is 0 Å². The van der Waals surface area contributed by atoms with Crippen LogP contribution in [0.25, 0.3) is 0 Å². The number of nitrogens with zero attached hydrogens (tertiary/aromatic N) is 3. The van der Waals surface area contributed by atoms with Gasteiger partial charge in [0, 0.05) is 26.1 Å². The molecule has 0 spiro atoms. The molecule has 0 aliphatic carbocycles. The number of hydrogen-bond acceptors (Lipinski definition) is 4. The Hall–Kier alpha value is -1.36. The molecular weight excluding hydrogens is 240 g/mol. The number of anilines is 1. The fourth-order valence-corrected chi connectivity index (χ4v) is 2.00. The van der Waals surface area contributed by atoms with E-state index < -0.39 is 0 Å². The Labute approximate surface area is 105 Å². The van der Waals surface area contributed by atoms with Crippen LogP contribution in [0.3, 0.4) is 0 Å². The van der Waals surface area contributed by atoms with Crippen LogP contribution >= 0.6 is 11.6 Å². The van der Waals surface area contributed by atoms with Gasteiger partial charge < -0.3 is 10.2 Å². The Morgan fingerprint density at radius 2 is 2.18 bits per heavy atom. The lowest BCUT2D eigenvalue weighted by molar-refractivity contribution is -0.129. The van der Waals surface area contributed by atoms with Gasteiger partial charge in [-0.1, -0.05) is 11.6 Å². The maximum Gasteiger partial charge on any atom is 0.224 e. The molecule has 1 aliphatic heterocycles. The third kappa shape index (κ3) is 3.56. The van der Waals surface area contributed by atoms with Crippen LogP contribution in [0.2, 0.25) is 5.15 Å². The van der Waals surface area contributed by atoms with E-state index in [1.807, 2.05) is 4.90 Å². The molecule has 0 aromatic carbocycles. The Bertz CT molecular complexity index is 393. The number of hydrogen-bond donors (Lipinski definition) is 1. The summed E-state index contributed by atoms with van der Waals surface area (Å²) in [4.78, 5) is 21.6. The molecule has 1 aromatic heterocycles. The van der Waals surface area contributed by atoms with Crippen molar-refractivity contribution in [2.75, 3.05) is 25.0 Å². The average molecular weight is 255 g/mol. The van der Waals surface area contributed by atoms with Crippen molar-refractivity contribution in [2.45, 2.75) is 19.3 Å². The molecule has 2 heterocycles. The number of carbonyl (C=O) groups is 1. The van der Waals surface area contributed by atoms with E-state index in [2.05, 4.69) is 15.3 Å². The van der Waals surface area contributed by atoms with E-state index in [0.717, 1.165) is 25.9 Å². The Kier molecular flexibility index (Phi) is 4.14. The van der Waals surface area contributed by atoms with E-state index in [4.69, 9.17) is 11.6 Å². The molecule has 1 aromatic rings. The van der Waals surface area contributed by atoms with Gasteiger partial charge in [0.05, 0.1) is 12.4 Å². The van der Waals surface area contributed by atoms with E-state index in [1.54, 1.807) is 6.20 Å². The zero-order valence-corrected chi connectivity index (χ0v) is 10.3. The SMILES string of the molecule is O=C(CCNc1cncc(Cl)n1)N1CCCC1. The average Bonchev–Trinajstić information content (AvgIpc) is 2.82. The number of rotatable bonds is 4. The van der Waals surface area contributed by atoms with Crippen LogP contribution in [0.5, 0.6) is 0 Å². The highest BCUT2D eigenvalue weighted by Gasteiger charge is 2.16. The topological polar surface area (TPSA) is 58.1 Å². The molecule has 1 saturated heterocycles. The molecule has 0 radical (unpaired) electrons. The molecule has 2 rings (SSSR count). The minimum absolute atomic E-state index is 0.199. The molecule has 92 valence electrons. The zero-order chi connectivity index (χ0) is 12.1. The van der Waals surface area contributed by atoms with Crippen LogP contribution in [0, 0.1) is 0 Å². The van der Waals surface area contributed by atoms with Gasteiger partial charge in [0.25, 0.3) is 0 Å². The largest absolute Gasteiger partial charge is 0.368 e. The predicted molar refractivity (Wildman–Crippen MR) is 66.0 cm³/mol. The lowest BCUT2D eigenvalue weighted by atomic mass is 10.3. The molecule has 0 atom stereocenters. The molecule has 0 bridgehead atoms. The van der Waals surface area contributed by atoms with Crippen LogP contribution in [-0.4, -0.2) is 40.4 Å². The van der Waals surface area contributed by atoms with E-state index >= 15 is 0 Å². The summed E-state index contributed by atoms with van der Waals surface area (Å²) in [5, 5.41) is 3.38. The van der Waals surface area contributed by atoms with Crippen molar-refractivity contribution in [3.05, 3.63) is 17.5 Å². The van der Waals surface area contributed by atoms with Crippen LogP contribution in [-0.2, 0) is 4.79 Å². The lowest BCUT2D eigenvalue weighted by Crippen LogP contribution is -2.29. The number of likely N-dealkylation sites (tertiary alicyclic amines) is 1. The molecular formula is C11H15ClN4O. The zero-order valence-electron chi connectivity index (χ0n) is 9.53. The fraction of sp³-hybridized carbons (Fsp3) is 0.545. The molecule has 1 aliphatic rings. The molecule has 0 unspecified atom stereocenters. The maximum absolute atomic E-state index is 11.7. The fourth-order valence-electron chi connectivity index (χ4n) is 1.85. The van der Waals surface area contributed by atoms with Gasteiger partial charge in [-0.15, -0.1) is 0 Å². The van der Waals surface area contributed by atoms with Crippen LogP contribution in [0.4, 0.5) is 5.82 Å². The number of aromatic nitrogens is 2. The first-order chi connectivity index (χ1) is 8.25. The molecule has 1 N–H and O–H groups in total. The molecule has 6 heteroatoms. The Morgan fingerprint density at radius 3 is 2.88 bits per heavy atom. The molecule has 0 saturated carbocycles. The quantitative estimate of drug-likeness (QED) is 0.886. The summed E-state index contributed by atoms with van der Waals surface area (Å²) in [6.07, 6.45) is 5.79. The standard InChI is InChI=1S/C11H15ClN4O/c12-9-7-13-8-10(15-9)14-4-3-11(17)16-5-1-2-6-16/h7-8H,1-6H2,(H,14,15). The van der Waals surface area contributed by atoms with Crippen LogP contribution < -0.4 is 5.32 Å². The number of halogens is 1. The van der Waals surface area contributed by atoms with Gasteiger partial charge in [-0.05, 0) is 12.8 Å². The smallest absolute Gasteiger partial charge is 0.224 e. The number of nitrogens with one attached hydrogen (secondary N) is 1. The first-order valence-corrected chi connectivity index (χ1v) is 6.13. The second-order valence-corrected chi connectivity index (χ2v) is 4.38. The van der Waals surface area contributed by atoms with Gasteiger partial charge in [-0.3, -0.25) is 9.78 Å². The van der Waals surface area contributed by atoms with Crippen molar-refractivity contribution in [2.24, 2.45) is 0 Å². The Balaban J connectivity index is 1.73. The molecule has 5 nitrogen and oxygen atoms in total. The van der Waals surface area contributed by atoms with E-state index in [9.17, 15) is 4.79 Å². The van der Waals surface area contributed by atoms with Crippen molar-refractivity contribution < 1.29 is 4.79 Å². The first-order valence-electron chi connectivity index (χ1n) is 5.75. The van der Waals surface area contributed by atoms with E-state index in [-0.39, 0.29) is 5.91 Å². The highest BCUT2D eigenvalue weighted by molar-refractivity contribution is 6.29. The summed E-state index contributed by atoms with van der Waals surface area (Å²) in [6, 6.07) is 0. The summed E-state index contributed by atoms with van der Waals surface area (Å²) in [7, 11) is 0. The van der Waals surface area contributed by atoms with Gasteiger partial charge in [-0.25, -0.2) is 4.98 Å². The highest BCUT2D eigenvalue weighted by Crippen LogP contribution is 2.10. The number of carbonyl (C=O) groups excluding carboxylic acids is 1. The normalized spacial score (nSPS) is 15.0. The predicted octanol–water partition coefficient (Wildman–Crippen LogP) is 1.55. The van der Waals surface area contributed by atoms with Crippen LogP contribution in [0.15, 0.2) is 12.4 Å². The third-order valence-corrected chi connectivity index (χ3v) is 2.89. The van der Waals surface area contributed by atoms with Crippen molar-refractivity contribution in [3.8, 4) is 0 Å². The van der Waals surface area contributed by atoms with Gasteiger partial charge in [0.15, 0.2) is 0 Å². The van der Waals surface area contributed by atoms with Gasteiger partial charge >= 0.3 is 0 Å². The first kappa shape index (κ1) is 12.1. The van der Waals surface area contributed by atoms with E-state index in [0.29, 0.717) is 23.9 Å². The van der Waals surface area contributed by atoms with E-state index in [1.165, 1.54) is 6.20 Å².